The van der Waals surface area contributed by atoms with E-state index in [1.54, 1.807) is 0 Å². The minimum absolute atomic E-state index is 0. The van der Waals surface area contributed by atoms with Gasteiger partial charge in [0.25, 0.3) is 0 Å². The Hall–Kier alpha value is -1.58. The molecule has 0 aliphatic carbocycles. The van der Waals surface area contributed by atoms with Crippen molar-refractivity contribution in [3.63, 3.8) is 0 Å². The van der Waals surface area contributed by atoms with E-state index >= 15 is 0 Å². The van der Waals surface area contributed by atoms with Crippen LogP contribution in [0.4, 0.5) is 0 Å². The summed E-state index contributed by atoms with van der Waals surface area (Å²) < 4.78 is 0. The smallest absolute Gasteiger partial charge is 0.183 e. The molecule has 0 fully saturated rings. The van der Waals surface area contributed by atoms with Gasteiger partial charge in [-0.05, 0) is 0 Å². The molecular weight excluding hydrogens is 156 g/mol. The minimum atomic E-state index is -0.333. The second kappa shape index (κ2) is 23.7. The Morgan fingerprint density at radius 3 is 0.636 bits per heavy atom. The predicted molar refractivity (Wildman–Crippen MR) is 43.0 cm³/mol. The molecule has 0 amide bonds. The van der Waals surface area contributed by atoms with Gasteiger partial charge in [-0.2, -0.15) is 0 Å². The highest BCUT2D eigenvalue weighted by atomic mass is 16.0. The van der Waals surface area contributed by atoms with Gasteiger partial charge in [0.15, 0.2) is 11.9 Å². The molecule has 0 rings (SSSR count). The molecule has 0 saturated heterocycles. The van der Waals surface area contributed by atoms with Gasteiger partial charge < -0.3 is 39.4 Å². The van der Waals surface area contributed by atoms with Crippen molar-refractivity contribution in [3.8, 4) is 0 Å². The molecule has 0 spiro atoms. The molecule has 9 heteroatoms. The van der Waals surface area contributed by atoms with Gasteiger partial charge in [-0.25, -0.2) is 0 Å². The minimum Gasteiger partial charge on any atom is -0.412 e. The summed E-state index contributed by atoms with van der Waals surface area (Å²) in [6.45, 7) is 0. The lowest BCUT2D eigenvalue weighted by molar-refractivity contribution is 0.823. The summed E-state index contributed by atoms with van der Waals surface area (Å²) in [5.41, 5.74) is 17.9. The first-order chi connectivity index (χ1) is 3.46. The molecule has 9 nitrogen and oxygen atoms in total. The summed E-state index contributed by atoms with van der Waals surface area (Å²) in [7, 11) is 0. The van der Waals surface area contributed by atoms with E-state index in [0.717, 1.165) is 0 Å². The SMILES string of the molecule is N=C(N)N.N=C(N)N.O.O.O. The molecule has 11 heavy (non-hydrogen) atoms. The van der Waals surface area contributed by atoms with Crippen LogP contribution in [0.25, 0.3) is 0 Å². The number of hydrogen-bond acceptors (Lipinski definition) is 2. The Bertz CT molecular complexity index is 73.8. The fourth-order valence-corrected chi connectivity index (χ4v) is 0. The predicted octanol–water partition coefficient (Wildman–Crippen LogP) is -4.80. The Morgan fingerprint density at radius 2 is 0.636 bits per heavy atom. The van der Waals surface area contributed by atoms with Gasteiger partial charge in [0, 0.05) is 0 Å². The molecule has 0 aliphatic heterocycles. The van der Waals surface area contributed by atoms with E-state index in [1.807, 2.05) is 0 Å². The van der Waals surface area contributed by atoms with Gasteiger partial charge in [0.2, 0.25) is 0 Å². The van der Waals surface area contributed by atoms with E-state index < -0.39 is 0 Å². The fourth-order valence-electron chi connectivity index (χ4n) is 0. The molecule has 0 bridgehead atoms. The molecular formula is C2H16N6O3. The van der Waals surface area contributed by atoms with Crippen LogP contribution in [-0.4, -0.2) is 28.3 Å². The third-order valence-electron chi connectivity index (χ3n) is 0. The molecule has 0 radical (unpaired) electrons. The van der Waals surface area contributed by atoms with Crippen LogP contribution in [-0.2, 0) is 0 Å². The van der Waals surface area contributed by atoms with E-state index in [2.05, 4.69) is 22.9 Å². The molecule has 16 N–H and O–H groups in total. The first-order valence-corrected chi connectivity index (χ1v) is 1.65. The van der Waals surface area contributed by atoms with Crippen molar-refractivity contribution in [3.05, 3.63) is 0 Å². The molecule has 0 heterocycles. The van der Waals surface area contributed by atoms with Gasteiger partial charge in [-0.3, -0.25) is 10.8 Å². The average Bonchev–Trinajstić information content (AvgIpc) is 1.25. The number of nitrogens with one attached hydrogen (secondary N) is 2. The average molecular weight is 172 g/mol. The maximum atomic E-state index is 6.06. The third kappa shape index (κ3) is 139. The second-order valence-corrected chi connectivity index (χ2v) is 0.911. The molecule has 0 saturated carbocycles. The first-order valence-electron chi connectivity index (χ1n) is 1.65. The summed E-state index contributed by atoms with van der Waals surface area (Å²) in [6, 6.07) is 0. The number of guanidine groups is 2. The quantitative estimate of drug-likeness (QED) is 0.155. The summed E-state index contributed by atoms with van der Waals surface area (Å²) in [4.78, 5) is 0. The lowest BCUT2D eigenvalue weighted by Crippen LogP contribution is -2.20. The van der Waals surface area contributed by atoms with Gasteiger partial charge >= 0.3 is 0 Å². The van der Waals surface area contributed by atoms with E-state index in [0.29, 0.717) is 0 Å². The van der Waals surface area contributed by atoms with Crippen molar-refractivity contribution in [1.82, 2.24) is 0 Å². The van der Waals surface area contributed by atoms with Crippen molar-refractivity contribution in [2.24, 2.45) is 22.9 Å². The van der Waals surface area contributed by atoms with Crippen molar-refractivity contribution < 1.29 is 16.4 Å². The summed E-state index contributed by atoms with van der Waals surface area (Å²) >= 11 is 0. The highest BCUT2D eigenvalue weighted by Crippen LogP contribution is 1.13. The Balaban J connectivity index is -0.0000000171. The van der Waals surface area contributed by atoms with Crippen LogP contribution < -0.4 is 22.9 Å². The van der Waals surface area contributed by atoms with E-state index in [1.165, 1.54) is 0 Å². The van der Waals surface area contributed by atoms with E-state index in [-0.39, 0.29) is 28.3 Å². The molecule has 0 aliphatic rings. The van der Waals surface area contributed by atoms with Crippen LogP contribution in [0.2, 0.25) is 0 Å². The van der Waals surface area contributed by atoms with Crippen LogP contribution >= 0.6 is 0 Å². The zero-order chi connectivity index (χ0) is 7.15. The lowest BCUT2D eigenvalue weighted by atomic mass is 11.1. The van der Waals surface area contributed by atoms with Crippen molar-refractivity contribution in [1.29, 1.82) is 10.8 Å². The molecule has 0 unspecified atom stereocenters. The fraction of sp³-hybridized carbons (Fsp3) is 0. The van der Waals surface area contributed by atoms with Gasteiger partial charge in [0.1, 0.15) is 0 Å². The second-order valence-electron chi connectivity index (χ2n) is 0.911. The highest BCUT2D eigenvalue weighted by molar-refractivity contribution is 5.72. The summed E-state index contributed by atoms with van der Waals surface area (Å²) in [5.74, 6) is -0.667. The zero-order valence-corrected chi connectivity index (χ0v) is 5.81. The van der Waals surface area contributed by atoms with Crippen LogP contribution in [0.5, 0.6) is 0 Å². The Kier molecular flexibility index (Phi) is 73.7. The van der Waals surface area contributed by atoms with Crippen LogP contribution in [0, 0.1) is 10.8 Å². The molecule has 0 atom stereocenters. The third-order valence-corrected chi connectivity index (χ3v) is 0. The largest absolute Gasteiger partial charge is 0.412 e. The molecule has 0 aromatic carbocycles. The van der Waals surface area contributed by atoms with E-state index in [9.17, 15) is 0 Å². The topological polar surface area (TPSA) is 246 Å². The molecule has 0 aromatic heterocycles. The molecule has 0 aromatic rings. The van der Waals surface area contributed by atoms with Crippen molar-refractivity contribution in [2.75, 3.05) is 0 Å². The Labute approximate surface area is 63.3 Å². The first kappa shape index (κ1) is 34.2. The van der Waals surface area contributed by atoms with Gasteiger partial charge in [-0.1, -0.05) is 0 Å². The van der Waals surface area contributed by atoms with Crippen LogP contribution in [0.1, 0.15) is 0 Å². The van der Waals surface area contributed by atoms with E-state index in [4.69, 9.17) is 10.8 Å². The van der Waals surface area contributed by atoms with Crippen molar-refractivity contribution >= 4 is 11.9 Å². The standard InChI is InChI=1S/2CH5N3.3H2O/c2*2-1(3)4;;;/h2*(H5,2,3,4);3*1H2. The monoisotopic (exact) mass is 172 g/mol. The normalized spacial score (nSPS) is 4.36. The maximum absolute atomic E-state index is 6.06. The van der Waals surface area contributed by atoms with Crippen molar-refractivity contribution in [2.45, 2.75) is 0 Å². The van der Waals surface area contributed by atoms with Crippen LogP contribution in [0.3, 0.4) is 0 Å². The number of nitrogens with two attached hydrogens (primary N) is 4. The van der Waals surface area contributed by atoms with Crippen LogP contribution in [0.15, 0.2) is 0 Å². The lowest BCUT2D eigenvalue weighted by Gasteiger charge is -1.69. The highest BCUT2D eigenvalue weighted by Gasteiger charge is 1.52. The maximum Gasteiger partial charge on any atom is 0.183 e. The molecule has 72 valence electrons. The summed E-state index contributed by atoms with van der Waals surface area (Å²) in [6.07, 6.45) is 0. The van der Waals surface area contributed by atoms with Gasteiger partial charge in [-0.15, -0.1) is 0 Å². The van der Waals surface area contributed by atoms with Gasteiger partial charge in [0.05, 0.1) is 0 Å². The Morgan fingerprint density at radius 1 is 0.636 bits per heavy atom. The number of rotatable bonds is 0. The zero-order valence-electron chi connectivity index (χ0n) is 5.81. The number of hydrogen-bond donors (Lipinski definition) is 6. The summed E-state index contributed by atoms with van der Waals surface area (Å²) in [5, 5.41) is 12.1.